The zero-order chi connectivity index (χ0) is 13.5. The van der Waals surface area contributed by atoms with Crippen LogP contribution in [0.2, 0.25) is 0 Å². The number of rotatable bonds is 6. The number of nitrogens with one attached hydrogen (secondary N) is 1. The van der Waals surface area contributed by atoms with E-state index in [0.29, 0.717) is 24.7 Å². The van der Waals surface area contributed by atoms with Crippen molar-refractivity contribution in [1.82, 2.24) is 5.32 Å². The molecule has 1 aromatic rings. The van der Waals surface area contributed by atoms with Crippen LogP contribution in [0.1, 0.15) is 20.8 Å². The largest absolute Gasteiger partial charge is 0.397 e. The SMILES string of the molecule is CCN(CC(=O)NCC(C)C)c1ccccc1N. The molecule has 0 heterocycles. The molecular weight excluding hydrogens is 226 g/mol. The van der Waals surface area contributed by atoms with Gasteiger partial charge < -0.3 is 16.0 Å². The fourth-order valence-electron chi connectivity index (χ4n) is 1.69. The average molecular weight is 249 g/mol. The fraction of sp³-hybridized carbons (Fsp3) is 0.500. The van der Waals surface area contributed by atoms with E-state index in [4.69, 9.17) is 5.73 Å². The first kappa shape index (κ1) is 14.4. The lowest BCUT2D eigenvalue weighted by molar-refractivity contribution is -0.119. The van der Waals surface area contributed by atoms with Gasteiger partial charge in [0.15, 0.2) is 0 Å². The van der Waals surface area contributed by atoms with Gasteiger partial charge in [0.2, 0.25) is 5.91 Å². The number of carbonyl (C=O) groups excluding carboxylic acids is 1. The smallest absolute Gasteiger partial charge is 0.239 e. The second-order valence-electron chi connectivity index (χ2n) is 4.77. The molecule has 0 saturated heterocycles. The Labute approximate surface area is 109 Å². The summed E-state index contributed by atoms with van der Waals surface area (Å²) in [5.41, 5.74) is 7.54. The van der Waals surface area contributed by atoms with Gasteiger partial charge in [0.25, 0.3) is 0 Å². The zero-order valence-electron chi connectivity index (χ0n) is 11.4. The average Bonchev–Trinajstić information content (AvgIpc) is 2.34. The minimum atomic E-state index is 0.0359. The van der Waals surface area contributed by atoms with Crippen molar-refractivity contribution in [3.05, 3.63) is 24.3 Å². The van der Waals surface area contributed by atoms with E-state index in [0.717, 1.165) is 12.2 Å². The van der Waals surface area contributed by atoms with E-state index in [2.05, 4.69) is 19.2 Å². The lowest BCUT2D eigenvalue weighted by Crippen LogP contribution is -2.38. The van der Waals surface area contributed by atoms with Gasteiger partial charge in [-0.25, -0.2) is 0 Å². The molecule has 0 radical (unpaired) electrons. The van der Waals surface area contributed by atoms with Crippen molar-refractivity contribution in [2.75, 3.05) is 30.3 Å². The van der Waals surface area contributed by atoms with Crippen molar-refractivity contribution < 1.29 is 4.79 Å². The third kappa shape index (κ3) is 4.28. The lowest BCUT2D eigenvalue weighted by Gasteiger charge is -2.24. The first-order valence-corrected chi connectivity index (χ1v) is 6.40. The number of likely N-dealkylation sites (N-methyl/N-ethyl adjacent to an activating group) is 1. The number of nitrogens with zero attached hydrogens (tertiary/aromatic N) is 1. The number of hydrogen-bond acceptors (Lipinski definition) is 3. The van der Waals surface area contributed by atoms with Crippen LogP contribution in [0, 0.1) is 5.92 Å². The third-order valence-corrected chi connectivity index (χ3v) is 2.70. The second-order valence-corrected chi connectivity index (χ2v) is 4.77. The highest BCUT2D eigenvalue weighted by Gasteiger charge is 2.11. The van der Waals surface area contributed by atoms with Gasteiger partial charge in [-0.3, -0.25) is 4.79 Å². The number of anilines is 2. The van der Waals surface area contributed by atoms with Crippen LogP contribution in [-0.2, 0) is 4.79 Å². The summed E-state index contributed by atoms with van der Waals surface area (Å²) < 4.78 is 0. The predicted octanol–water partition coefficient (Wildman–Crippen LogP) is 1.87. The molecule has 100 valence electrons. The molecule has 0 aliphatic carbocycles. The number of nitrogens with two attached hydrogens (primary N) is 1. The molecule has 0 aliphatic rings. The van der Waals surface area contributed by atoms with Gasteiger partial charge in [-0.2, -0.15) is 0 Å². The van der Waals surface area contributed by atoms with E-state index in [-0.39, 0.29) is 5.91 Å². The molecule has 0 saturated carbocycles. The Morgan fingerprint density at radius 3 is 2.61 bits per heavy atom. The normalized spacial score (nSPS) is 10.4. The van der Waals surface area contributed by atoms with Crippen molar-refractivity contribution in [2.24, 2.45) is 5.92 Å². The molecule has 0 atom stereocenters. The number of benzene rings is 1. The standard InChI is InChI=1S/C14H23N3O/c1-4-17(10-14(18)16-9-11(2)3)13-8-6-5-7-12(13)15/h5-8,11H,4,9-10,15H2,1-3H3,(H,16,18). The molecule has 1 rings (SSSR count). The lowest BCUT2D eigenvalue weighted by atomic mass is 10.2. The van der Waals surface area contributed by atoms with Gasteiger partial charge in [-0.05, 0) is 25.0 Å². The van der Waals surface area contributed by atoms with Crippen LogP contribution in [0.25, 0.3) is 0 Å². The summed E-state index contributed by atoms with van der Waals surface area (Å²) in [4.78, 5) is 13.8. The Bertz CT molecular complexity index is 390. The molecule has 0 bridgehead atoms. The number of nitrogen functional groups attached to an aromatic ring is 1. The Balaban J connectivity index is 2.62. The highest BCUT2D eigenvalue weighted by Crippen LogP contribution is 2.21. The summed E-state index contributed by atoms with van der Waals surface area (Å²) >= 11 is 0. The number of para-hydroxylation sites is 2. The van der Waals surface area contributed by atoms with Gasteiger partial charge in [-0.1, -0.05) is 26.0 Å². The van der Waals surface area contributed by atoms with Crippen LogP contribution in [-0.4, -0.2) is 25.5 Å². The predicted molar refractivity (Wildman–Crippen MR) is 76.6 cm³/mol. The highest BCUT2D eigenvalue weighted by atomic mass is 16.2. The molecule has 4 heteroatoms. The Kier molecular flexibility index (Phi) is 5.49. The van der Waals surface area contributed by atoms with Gasteiger partial charge >= 0.3 is 0 Å². The maximum atomic E-state index is 11.8. The van der Waals surface area contributed by atoms with Crippen molar-refractivity contribution in [3.63, 3.8) is 0 Å². The van der Waals surface area contributed by atoms with E-state index < -0.39 is 0 Å². The molecular formula is C14H23N3O. The molecule has 0 spiro atoms. The third-order valence-electron chi connectivity index (χ3n) is 2.70. The van der Waals surface area contributed by atoms with Crippen molar-refractivity contribution in [2.45, 2.75) is 20.8 Å². The Hall–Kier alpha value is -1.71. The van der Waals surface area contributed by atoms with Crippen molar-refractivity contribution in [3.8, 4) is 0 Å². The van der Waals surface area contributed by atoms with Crippen LogP contribution < -0.4 is 16.0 Å². The number of carbonyl (C=O) groups is 1. The molecule has 3 N–H and O–H groups in total. The van der Waals surface area contributed by atoms with Crippen LogP contribution in [0.5, 0.6) is 0 Å². The van der Waals surface area contributed by atoms with Crippen LogP contribution in [0.3, 0.4) is 0 Å². The number of amides is 1. The minimum absolute atomic E-state index is 0.0359. The highest BCUT2D eigenvalue weighted by molar-refractivity contribution is 5.83. The molecule has 18 heavy (non-hydrogen) atoms. The first-order valence-electron chi connectivity index (χ1n) is 6.40. The maximum Gasteiger partial charge on any atom is 0.239 e. The van der Waals surface area contributed by atoms with Gasteiger partial charge in [0, 0.05) is 13.1 Å². The molecule has 0 unspecified atom stereocenters. The number of hydrogen-bond donors (Lipinski definition) is 2. The van der Waals surface area contributed by atoms with Crippen LogP contribution >= 0.6 is 0 Å². The fourth-order valence-corrected chi connectivity index (χ4v) is 1.69. The van der Waals surface area contributed by atoms with E-state index in [1.165, 1.54) is 0 Å². The Morgan fingerprint density at radius 1 is 1.39 bits per heavy atom. The van der Waals surface area contributed by atoms with E-state index in [1.807, 2.05) is 36.1 Å². The summed E-state index contributed by atoms with van der Waals surface area (Å²) in [5, 5.41) is 2.91. The van der Waals surface area contributed by atoms with Crippen LogP contribution in [0.4, 0.5) is 11.4 Å². The Morgan fingerprint density at radius 2 is 2.06 bits per heavy atom. The molecule has 1 aromatic carbocycles. The van der Waals surface area contributed by atoms with Gasteiger partial charge in [0.05, 0.1) is 17.9 Å². The zero-order valence-corrected chi connectivity index (χ0v) is 11.4. The minimum Gasteiger partial charge on any atom is -0.397 e. The summed E-state index contributed by atoms with van der Waals surface area (Å²) in [6.07, 6.45) is 0. The van der Waals surface area contributed by atoms with E-state index in [9.17, 15) is 4.79 Å². The molecule has 4 nitrogen and oxygen atoms in total. The van der Waals surface area contributed by atoms with Gasteiger partial charge in [-0.15, -0.1) is 0 Å². The van der Waals surface area contributed by atoms with Crippen molar-refractivity contribution >= 4 is 17.3 Å². The second kappa shape index (κ2) is 6.89. The summed E-state index contributed by atoms with van der Waals surface area (Å²) in [5.74, 6) is 0.500. The van der Waals surface area contributed by atoms with Gasteiger partial charge in [0.1, 0.15) is 0 Å². The summed E-state index contributed by atoms with van der Waals surface area (Å²) in [6.45, 7) is 7.98. The molecule has 0 fully saturated rings. The maximum absolute atomic E-state index is 11.8. The molecule has 0 aromatic heterocycles. The monoisotopic (exact) mass is 249 g/mol. The van der Waals surface area contributed by atoms with Crippen LogP contribution in [0.15, 0.2) is 24.3 Å². The molecule has 0 aliphatic heterocycles. The summed E-state index contributed by atoms with van der Waals surface area (Å²) in [7, 11) is 0. The van der Waals surface area contributed by atoms with Crippen molar-refractivity contribution in [1.29, 1.82) is 0 Å². The first-order chi connectivity index (χ1) is 8.54. The topological polar surface area (TPSA) is 58.4 Å². The van der Waals surface area contributed by atoms with E-state index >= 15 is 0 Å². The summed E-state index contributed by atoms with van der Waals surface area (Å²) in [6, 6.07) is 7.62. The molecule has 1 amide bonds. The van der Waals surface area contributed by atoms with E-state index in [1.54, 1.807) is 0 Å². The quantitative estimate of drug-likeness (QED) is 0.757.